The maximum absolute atomic E-state index is 11.9. The van der Waals surface area contributed by atoms with E-state index in [0.29, 0.717) is 17.1 Å². The maximum atomic E-state index is 11.9. The van der Waals surface area contributed by atoms with Crippen molar-refractivity contribution < 1.29 is 14.3 Å². The molecule has 5 heteroatoms. The Morgan fingerprint density at radius 2 is 1.88 bits per heavy atom. The van der Waals surface area contributed by atoms with Gasteiger partial charge in [0.15, 0.2) is 0 Å². The molecule has 0 aliphatic rings. The molecule has 0 saturated heterocycles. The van der Waals surface area contributed by atoms with Gasteiger partial charge < -0.3 is 9.64 Å². The highest BCUT2D eigenvalue weighted by Crippen LogP contribution is 2.11. The highest BCUT2D eigenvalue weighted by Gasteiger charge is 2.12. The van der Waals surface area contributed by atoms with Gasteiger partial charge >= 0.3 is 5.97 Å². The number of carbonyl (C=O) groups is 2. The van der Waals surface area contributed by atoms with E-state index in [0.717, 1.165) is 0 Å². The third-order valence-electron chi connectivity index (χ3n) is 2.32. The van der Waals surface area contributed by atoms with Crippen molar-refractivity contribution in [1.82, 2.24) is 4.90 Å². The fourth-order valence-corrected chi connectivity index (χ4v) is 1.40. The zero-order valence-electron chi connectivity index (χ0n) is 9.77. The number of halogens is 1. The highest BCUT2D eigenvalue weighted by molar-refractivity contribution is 6.30. The summed E-state index contributed by atoms with van der Waals surface area (Å²) in [5.41, 5.74) is 0.543. The summed E-state index contributed by atoms with van der Waals surface area (Å²) >= 11 is 5.73. The van der Waals surface area contributed by atoms with Crippen molar-refractivity contribution in [3.63, 3.8) is 0 Å². The molecule has 0 spiro atoms. The molecule has 1 aromatic carbocycles. The Balaban J connectivity index is 2.57. The lowest BCUT2D eigenvalue weighted by atomic mass is 10.2. The standard InChI is InChI=1S/C12H14ClNO3/c1-14(8-7-11(15)17-2)12(16)9-3-5-10(13)6-4-9/h3-6H,7-8H2,1-2H3. The lowest BCUT2D eigenvalue weighted by Gasteiger charge is -2.16. The third-order valence-corrected chi connectivity index (χ3v) is 2.57. The van der Waals surface area contributed by atoms with Gasteiger partial charge in [-0.1, -0.05) is 11.6 Å². The number of benzene rings is 1. The third kappa shape index (κ3) is 4.07. The largest absolute Gasteiger partial charge is 0.469 e. The number of methoxy groups -OCH3 is 1. The van der Waals surface area contributed by atoms with Crippen LogP contribution in [-0.2, 0) is 9.53 Å². The van der Waals surface area contributed by atoms with Crippen molar-refractivity contribution in [3.05, 3.63) is 34.9 Å². The first-order valence-corrected chi connectivity index (χ1v) is 5.50. The van der Waals surface area contributed by atoms with E-state index in [1.165, 1.54) is 12.0 Å². The lowest BCUT2D eigenvalue weighted by molar-refractivity contribution is -0.140. The molecule has 0 heterocycles. The van der Waals surface area contributed by atoms with Gasteiger partial charge in [0.1, 0.15) is 0 Å². The minimum absolute atomic E-state index is 0.148. The first-order chi connectivity index (χ1) is 8.04. The fraction of sp³-hybridized carbons (Fsp3) is 0.333. The van der Waals surface area contributed by atoms with Crippen LogP contribution in [0.4, 0.5) is 0 Å². The molecule has 92 valence electrons. The van der Waals surface area contributed by atoms with Crippen molar-refractivity contribution >= 4 is 23.5 Å². The maximum Gasteiger partial charge on any atom is 0.307 e. The minimum Gasteiger partial charge on any atom is -0.469 e. The molecule has 0 radical (unpaired) electrons. The van der Waals surface area contributed by atoms with E-state index in [4.69, 9.17) is 11.6 Å². The number of amides is 1. The monoisotopic (exact) mass is 255 g/mol. The van der Waals surface area contributed by atoms with Crippen molar-refractivity contribution in [2.24, 2.45) is 0 Å². The molecule has 0 saturated carbocycles. The Morgan fingerprint density at radius 3 is 2.41 bits per heavy atom. The quantitative estimate of drug-likeness (QED) is 0.773. The zero-order chi connectivity index (χ0) is 12.8. The van der Waals surface area contributed by atoms with Crippen molar-refractivity contribution in [3.8, 4) is 0 Å². The average molecular weight is 256 g/mol. The topological polar surface area (TPSA) is 46.6 Å². The molecule has 0 aliphatic heterocycles. The molecule has 0 fully saturated rings. The van der Waals surface area contributed by atoms with Crippen LogP contribution in [0.5, 0.6) is 0 Å². The predicted octanol–water partition coefficient (Wildman–Crippen LogP) is 1.98. The molecule has 0 aromatic heterocycles. The van der Waals surface area contributed by atoms with Gasteiger partial charge in [-0.15, -0.1) is 0 Å². The summed E-state index contributed by atoms with van der Waals surface area (Å²) in [7, 11) is 2.96. The van der Waals surface area contributed by atoms with E-state index in [9.17, 15) is 9.59 Å². The number of esters is 1. The molecule has 0 N–H and O–H groups in total. The van der Waals surface area contributed by atoms with Crippen LogP contribution < -0.4 is 0 Å². The van der Waals surface area contributed by atoms with Crippen LogP contribution in [0.2, 0.25) is 5.02 Å². The number of ether oxygens (including phenoxy) is 1. The van der Waals surface area contributed by atoms with E-state index in [1.807, 2.05) is 0 Å². The second kappa shape index (κ2) is 6.25. The first kappa shape index (κ1) is 13.5. The molecule has 1 rings (SSSR count). The van der Waals surface area contributed by atoms with E-state index in [-0.39, 0.29) is 18.3 Å². The van der Waals surface area contributed by atoms with E-state index >= 15 is 0 Å². The molecule has 4 nitrogen and oxygen atoms in total. The Hall–Kier alpha value is -1.55. The van der Waals surface area contributed by atoms with E-state index in [2.05, 4.69) is 4.74 Å². The number of rotatable bonds is 4. The molecule has 17 heavy (non-hydrogen) atoms. The van der Waals surface area contributed by atoms with Gasteiger partial charge in [-0.3, -0.25) is 9.59 Å². The minimum atomic E-state index is -0.333. The van der Waals surface area contributed by atoms with Gasteiger partial charge in [0, 0.05) is 24.2 Å². The Labute approximate surface area is 105 Å². The Morgan fingerprint density at radius 1 is 1.29 bits per heavy atom. The molecular weight excluding hydrogens is 242 g/mol. The zero-order valence-corrected chi connectivity index (χ0v) is 10.5. The Bertz CT molecular complexity index is 403. The van der Waals surface area contributed by atoms with Crippen LogP contribution in [0.25, 0.3) is 0 Å². The summed E-state index contributed by atoms with van der Waals surface area (Å²) in [5.74, 6) is -0.480. The smallest absolute Gasteiger partial charge is 0.307 e. The summed E-state index contributed by atoms with van der Waals surface area (Å²) in [5, 5.41) is 0.582. The molecule has 0 unspecified atom stereocenters. The van der Waals surface area contributed by atoms with E-state index < -0.39 is 0 Å². The molecule has 1 amide bonds. The van der Waals surface area contributed by atoms with Crippen LogP contribution >= 0.6 is 11.6 Å². The normalized spacial score (nSPS) is 9.82. The number of carbonyl (C=O) groups excluding carboxylic acids is 2. The number of hydrogen-bond donors (Lipinski definition) is 0. The van der Waals surface area contributed by atoms with Crippen molar-refractivity contribution in [2.45, 2.75) is 6.42 Å². The predicted molar refractivity (Wildman–Crippen MR) is 65.0 cm³/mol. The van der Waals surface area contributed by atoms with Crippen LogP contribution in [-0.4, -0.2) is 37.5 Å². The van der Waals surface area contributed by atoms with Gasteiger partial charge in [0.2, 0.25) is 0 Å². The molecule has 0 atom stereocenters. The fourth-order valence-electron chi connectivity index (χ4n) is 1.28. The van der Waals surface area contributed by atoms with Crippen LogP contribution in [0.3, 0.4) is 0 Å². The van der Waals surface area contributed by atoms with Crippen molar-refractivity contribution in [1.29, 1.82) is 0 Å². The summed E-state index contributed by atoms with van der Waals surface area (Å²) in [6.45, 7) is 0.328. The second-order valence-electron chi connectivity index (χ2n) is 3.56. The van der Waals surface area contributed by atoms with Crippen LogP contribution in [0.15, 0.2) is 24.3 Å². The van der Waals surface area contributed by atoms with Crippen LogP contribution in [0, 0.1) is 0 Å². The molecule has 0 bridgehead atoms. The van der Waals surface area contributed by atoms with Crippen LogP contribution in [0.1, 0.15) is 16.8 Å². The lowest BCUT2D eigenvalue weighted by Crippen LogP contribution is -2.29. The number of nitrogens with zero attached hydrogens (tertiary/aromatic N) is 1. The average Bonchev–Trinajstić information content (AvgIpc) is 2.35. The highest BCUT2D eigenvalue weighted by atomic mass is 35.5. The number of hydrogen-bond acceptors (Lipinski definition) is 3. The molecule has 1 aromatic rings. The Kier molecular flexibility index (Phi) is 4.97. The summed E-state index contributed by atoms with van der Waals surface area (Å²) < 4.78 is 4.51. The van der Waals surface area contributed by atoms with E-state index in [1.54, 1.807) is 31.3 Å². The SMILES string of the molecule is COC(=O)CCN(C)C(=O)c1ccc(Cl)cc1. The van der Waals surface area contributed by atoms with Crippen molar-refractivity contribution in [2.75, 3.05) is 20.7 Å². The van der Waals surface area contributed by atoms with Gasteiger partial charge in [0.05, 0.1) is 13.5 Å². The molecule has 0 aliphatic carbocycles. The van der Waals surface area contributed by atoms with Gasteiger partial charge in [0.25, 0.3) is 5.91 Å². The summed E-state index contributed by atoms with van der Waals surface area (Å²) in [6.07, 6.45) is 0.187. The first-order valence-electron chi connectivity index (χ1n) is 5.12. The van der Waals surface area contributed by atoms with Gasteiger partial charge in [-0.05, 0) is 24.3 Å². The second-order valence-corrected chi connectivity index (χ2v) is 4.00. The summed E-state index contributed by atoms with van der Waals surface area (Å²) in [4.78, 5) is 24.3. The summed E-state index contributed by atoms with van der Waals surface area (Å²) in [6, 6.07) is 6.62. The van der Waals surface area contributed by atoms with Gasteiger partial charge in [-0.2, -0.15) is 0 Å². The molecular formula is C12H14ClNO3. The van der Waals surface area contributed by atoms with Gasteiger partial charge in [-0.25, -0.2) is 0 Å².